The van der Waals surface area contributed by atoms with E-state index in [0.717, 1.165) is 33.4 Å². The van der Waals surface area contributed by atoms with Crippen molar-refractivity contribution in [2.45, 2.75) is 19.0 Å². The molecule has 5 nitrogen and oxygen atoms in total. The molecule has 7 heteroatoms. The number of nitrogens with one attached hydrogen (secondary N) is 1. The highest BCUT2D eigenvalue weighted by Crippen LogP contribution is 2.40. The Balaban J connectivity index is 1.73. The van der Waals surface area contributed by atoms with Crippen molar-refractivity contribution in [3.8, 4) is 11.3 Å². The third-order valence-corrected chi connectivity index (χ3v) is 5.95. The molecule has 150 valence electrons. The second kappa shape index (κ2) is 8.53. The summed E-state index contributed by atoms with van der Waals surface area (Å²) in [5, 5.41) is 4.79. The molecule has 1 saturated heterocycles. The molecule has 3 heterocycles. The maximum Gasteiger partial charge on any atom is 0.170 e. The van der Waals surface area contributed by atoms with Gasteiger partial charge in [0.2, 0.25) is 0 Å². The molecule has 4 rings (SSSR count). The molecule has 0 spiro atoms. The Kier molecular flexibility index (Phi) is 5.85. The molecule has 0 radical (unpaired) electrons. The third kappa shape index (κ3) is 3.88. The summed E-state index contributed by atoms with van der Waals surface area (Å²) >= 11 is 11.9. The third-order valence-electron chi connectivity index (χ3n) is 5.19. The lowest BCUT2D eigenvalue weighted by molar-refractivity contribution is 0.158. The molecule has 1 aliphatic rings. The summed E-state index contributed by atoms with van der Waals surface area (Å²) in [5.74, 6) is 1.60. The standard InChI is InChI=1S/C22H22ClN3O2S/c1-14-15(6-5-7-16(14)23)18-9-10-19(28-18)21-20(17-8-3-4-11-24-17)25-22(29)26(21)12-13-27-2/h3-11,20-21H,12-13H2,1-2H3,(H,25,29)/t20-,21-/m1/s1. The van der Waals surface area contributed by atoms with Crippen LogP contribution in [0.3, 0.4) is 0 Å². The first-order valence-corrected chi connectivity index (χ1v) is 10.2. The van der Waals surface area contributed by atoms with Gasteiger partial charge in [-0.05, 0) is 55.0 Å². The van der Waals surface area contributed by atoms with Crippen LogP contribution in [0.2, 0.25) is 5.02 Å². The summed E-state index contributed by atoms with van der Waals surface area (Å²) in [6.45, 7) is 3.21. The largest absolute Gasteiger partial charge is 0.459 e. The predicted molar refractivity (Wildman–Crippen MR) is 118 cm³/mol. The number of aromatic nitrogens is 1. The van der Waals surface area contributed by atoms with Gasteiger partial charge in [0.15, 0.2) is 5.11 Å². The van der Waals surface area contributed by atoms with Crippen molar-refractivity contribution < 1.29 is 9.15 Å². The van der Waals surface area contributed by atoms with Crippen molar-refractivity contribution in [2.24, 2.45) is 0 Å². The van der Waals surface area contributed by atoms with Crippen molar-refractivity contribution >= 4 is 28.9 Å². The van der Waals surface area contributed by atoms with E-state index >= 15 is 0 Å². The molecule has 0 unspecified atom stereocenters. The molecule has 29 heavy (non-hydrogen) atoms. The minimum atomic E-state index is -0.124. The van der Waals surface area contributed by atoms with E-state index in [-0.39, 0.29) is 12.1 Å². The summed E-state index contributed by atoms with van der Waals surface area (Å²) in [6, 6.07) is 15.5. The van der Waals surface area contributed by atoms with Crippen LogP contribution in [0.4, 0.5) is 0 Å². The van der Waals surface area contributed by atoms with Gasteiger partial charge in [0.25, 0.3) is 0 Å². The van der Waals surface area contributed by atoms with Crippen molar-refractivity contribution in [1.82, 2.24) is 15.2 Å². The number of benzene rings is 1. The van der Waals surface area contributed by atoms with Gasteiger partial charge >= 0.3 is 0 Å². The fourth-order valence-electron chi connectivity index (χ4n) is 3.68. The zero-order valence-corrected chi connectivity index (χ0v) is 17.8. The van der Waals surface area contributed by atoms with Crippen molar-refractivity contribution in [3.63, 3.8) is 0 Å². The number of rotatable bonds is 6. The Hall–Kier alpha value is -2.41. The summed E-state index contributed by atoms with van der Waals surface area (Å²) in [4.78, 5) is 6.64. The minimum Gasteiger partial charge on any atom is -0.459 e. The van der Waals surface area contributed by atoms with Gasteiger partial charge < -0.3 is 19.4 Å². The van der Waals surface area contributed by atoms with Crippen LogP contribution in [-0.2, 0) is 4.74 Å². The van der Waals surface area contributed by atoms with E-state index in [4.69, 9.17) is 33.0 Å². The van der Waals surface area contributed by atoms with Gasteiger partial charge in [0.1, 0.15) is 17.6 Å². The smallest absolute Gasteiger partial charge is 0.170 e. The van der Waals surface area contributed by atoms with Crippen LogP contribution in [-0.4, -0.2) is 35.3 Å². The van der Waals surface area contributed by atoms with E-state index in [1.807, 2.05) is 55.5 Å². The van der Waals surface area contributed by atoms with Crippen LogP contribution in [0.5, 0.6) is 0 Å². The second-order valence-corrected chi connectivity index (χ2v) is 7.72. The monoisotopic (exact) mass is 427 g/mol. The van der Waals surface area contributed by atoms with Crippen molar-refractivity contribution in [3.05, 3.63) is 76.8 Å². The Labute approximate surface area is 180 Å². The van der Waals surface area contributed by atoms with E-state index < -0.39 is 0 Å². The zero-order chi connectivity index (χ0) is 20.4. The van der Waals surface area contributed by atoms with E-state index in [1.54, 1.807) is 13.3 Å². The number of methoxy groups -OCH3 is 1. The topological polar surface area (TPSA) is 50.5 Å². The van der Waals surface area contributed by atoms with Crippen LogP contribution in [0.1, 0.15) is 29.1 Å². The summed E-state index contributed by atoms with van der Waals surface area (Å²) < 4.78 is 11.6. The predicted octanol–water partition coefficient (Wildman–Crippen LogP) is 4.92. The van der Waals surface area contributed by atoms with E-state index in [0.29, 0.717) is 18.3 Å². The molecule has 1 aliphatic heterocycles. The van der Waals surface area contributed by atoms with Crippen LogP contribution in [0.25, 0.3) is 11.3 Å². The molecule has 0 amide bonds. The van der Waals surface area contributed by atoms with Gasteiger partial charge in [0.05, 0.1) is 18.3 Å². The fraction of sp³-hybridized carbons (Fsp3) is 0.273. The Bertz CT molecular complexity index is 1010. The first kappa shape index (κ1) is 19.9. The lowest BCUT2D eigenvalue weighted by Crippen LogP contribution is -2.32. The van der Waals surface area contributed by atoms with Gasteiger partial charge in [-0.1, -0.05) is 29.8 Å². The molecule has 0 aliphatic carbocycles. The quantitative estimate of drug-likeness (QED) is 0.563. The molecule has 3 aromatic rings. The van der Waals surface area contributed by atoms with E-state index in [2.05, 4.69) is 15.2 Å². The number of ether oxygens (including phenoxy) is 1. The van der Waals surface area contributed by atoms with E-state index in [1.165, 1.54) is 0 Å². The summed E-state index contributed by atoms with van der Waals surface area (Å²) in [5.41, 5.74) is 2.89. The molecule has 1 fully saturated rings. The maximum atomic E-state index is 6.33. The van der Waals surface area contributed by atoms with Crippen LogP contribution < -0.4 is 5.32 Å². The molecule has 0 saturated carbocycles. The summed E-state index contributed by atoms with van der Waals surface area (Å²) in [6.07, 6.45) is 1.79. The molecule has 2 atom stereocenters. The SMILES string of the molecule is COCCN1C(=S)N[C@H](c2ccccn2)[C@H]1c1ccc(-c2cccc(Cl)c2C)o1. The molecule has 2 aromatic heterocycles. The normalized spacial score (nSPS) is 18.9. The van der Waals surface area contributed by atoms with Crippen molar-refractivity contribution in [2.75, 3.05) is 20.3 Å². The lowest BCUT2D eigenvalue weighted by atomic mass is 10.0. The van der Waals surface area contributed by atoms with Crippen LogP contribution in [0.15, 0.2) is 59.1 Å². The Morgan fingerprint density at radius 2 is 2.07 bits per heavy atom. The average molecular weight is 428 g/mol. The lowest BCUT2D eigenvalue weighted by Gasteiger charge is -2.25. The van der Waals surface area contributed by atoms with Crippen LogP contribution in [0, 0.1) is 6.92 Å². The van der Waals surface area contributed by atoms with Gasteiger partial charge in [0, 0.05) is 30.4 Å². The highest BCUT2D eigenvalue weighted by atomic mass is 35.5. The summed E-state index contributed by atoms with van der Waals surface area (Å²) in [7, 11) is 1.69. The Morgan fingerprint density at radius 3 is 2.83 bits per heavy atom. The average Bonchev–Trinajstić information content (AvgIpc) is 3.33. The van der Waals surface area contributed by atoms with Gasteiger partial charge in [-0.25, -0.2) is 0 Å². The first-order chi connectivity index (χ1) is 14.1. The molecule has 1 aromatic carbocycles. The van der Waals surface area contributed by atoms with Crippen molar-refractivity contribution in [1.29, 1.82) is 0 Å². The molecule has 1 N–H and O–H groups in total. The highest BCUT2D eigenvalue weighted by molar-refractivity contribution is 7.80. The number of halogens is 1. The fourth-order valence-corrected chi connectivity index (χ4v) is 4.18. The van der Waals surface area contributed by atoms with Gasteiger partial charge in [-0.3, -0.25) is 4.98 Å². The highest BCUT2D eigenvalue weighted by Gasteiger charge is 2.41. The Morgan fingerprint density at radius 1 is 1.21 bits per heavy atom. The molecular formula is C22H22ClN3O2S. The molecular weight excluding hydrogens is 406 g/mol. The second-order valence-electron chi connectivity index (χ2n) is 6.93. The first-order valence-electron chi connectivity index (χ1n) is 9.42. The minimum absolute atomic E-state index is 0.111. The van der Waals surface area contributed by atoms with Gasteiger partial charge in [-0.15, -0.1) is 0 Å². The number of pyridine rings is 1. The number of furan rings is 1. The van der Waals surface area contributed by atoms with Gasteiger partial charge in [-0.2, -0.15) is 0 Å². The zero-order valence-electron chi connectivity index (χ0n) is 16.3. The van der Waals surface area contributed by atoms with Crippen LogP contribution >= 0.6 is 23.8 Å². The number of thiocarbonyl (C=S) groups is 1. The number of nitrogens with zero attached hydrogens (tertiary/aromatic N) is 2. The number of hydrogen-bond donors (Lipinski definition) is 1. The maximum absolute atomic E-state index is 6.33. The van der Waals surface area contributed by atoms with E-state index in [9.17, 15) is 0 Å². The number of hydrogen-bond acceptors (Lipinski definition) is 4. The molecule has 0 bridgehead atoms.